The molecule has 1 unspecified atom stereocenters. The fourth-order valence-corrected chi connectivity index (χ4v) is 12.0. The van der Waals surface area contributed by atoms with Crippen LogP contribution in [-0.4, -0.2) is 125 Å². The summed E-state index contributed by atoms with van der Waals surface area (Å²) >= 11 is 1.57. The number of ether oxygens (including phenoxy) is 1. The van der Waals surface area contributed by atoms with Crippen molar-refractivity contribution in [3.05, 3.63) is 106 Å². The maximum Gasteiger partial charge on any atom is 0.417 e. The fraction of sp³-hybridized carbons (Fsp3) is 0.536. The molecule has 1 aliphatic carbocycles. The Kier molecular flexibility index (Phi) is 17.0. The Morgan fingerprint density at radius 2 is 1.57 bits per heavy atom. The number of hydrogen-bond donors (Lipinski definition) is 4. The average molecular weight is 1040 g/mol. The number of piperazine rings is 1. The van der Waals surface area contributed by atoms with Crippen LogP contribution < -0.4 is 20.7 Å². The number of aliphatic hydroxyl groups excluding tert-OH is 1. The first-order valence-electron chi connectivity index (χ1n) is 25.5. The number of unbranched alkanes of at least 4 members (excludes halogenated alkanes) is 1. The molecule has 4 aromatic rings. The number of amides is 4. The second-order valence-corrected chi connectivity index (χ2v) is 23.4. The summed E-state index contributed by atoms with van der Waals surface area (Å²) in [5, 5.41) is 29.1. The van der Waals surface area contributed by atoms with Crippen LogP contribution >= 0.6 is 11.3 Å². The minimum atomic E-state index is -4.70. The molecule has 74 heavy (non-hydrogen) atoms. The van der Waals surface area contributed by atoms with Gasteiger partial charge in [-0.15, -0.1) is 11.3 Å². The Morgan fingerprint density at radius 1 is 0.919 bits per heavy atom. The quantitative estimate of drug-likeness (QED) is 0.0759. The van der Waals surface area contributed by atoms with Gasteiger partial charge in [0.2, 0.25) is 17.7 Å². The number of carbonyl (C=O) groups excluding carboxylic acids is 4. The molecule has 0 bridgehead atoms. The predicted octanol–water partition coefficient (Wildman–Crippen LogP) is 7.93. The van der Waals surface area contributed by atoms with Crippen LogP contribution in [0.3, 0.4) is 0 Å². The number of aryl methyl sites for hydroxylation is 2. The molecule has 7 rings (SSSR count). The van der Waals surface area contributed by atoms with E-state index in [0.29, 0.717) is 18.7 Å². The summed E-state index contributed by atoms with van der Waals surface area (Å²) < 4.78 is 47.0. The third-order valence-corrected chi connectivity index (χ3v) is 16.1. The molecule has 18 heteroatoms. The zero-order valence-corrected chi connectivity index (χ0v) is 44.8. The number of halogens is 3. The Hall–Kier alpha value is -5.87. The number of aliphatic hydroxyl groups is 1. The van der Waals surface area contributed by atoms with E-state index in [4.69, 9.17) is 4.74 Å². The van der Waals surface area contributed by atoms with Crippen LogP contribution in [0.4, 0.5) is 13.2 Å². The molecule has 2 saturated heterocycles. The Bertz CT molecular complexity index is 2670. The van der Waals surface area contributed by atoms with Crippen molar-refractivity contribution in [1.82, 2.24) is 35.6 Å². The highest BCUT2D eigenvalue weighted by molar-refractivity contribution is 7.13. The second kappa shape index (κ2) is 22.5. The van der Waals surface area contributed by atoms with E-state index in [9.17, 15) is 42.7 Å². The van der Waals surface area contributed by atoms with Crippen molar-refractivity contribution in [2.45, 2.75) is 131 Å². The number of hydrogen-bond acceptors (Lipinski definition) is 11. The molecule has 4 N–H and O–H groups in total. The van der Waals surface area contributed by atoms with Gasteiger partial charge >= 0.3 is 6.18 Å². The summed E-state index contributed by atoms with van der Waals surface area (Å²) in [6.07, 6.45) is -3.23. The number of carbonyl (C=O) groups is 4. The molecule has 3 fully saturated rings. The SMILES string of the molecule is Cc1ncsc1-c1ccc(C(C)NC(=O)[C@@H]2C[C@@H](O)CN2C(=O)[C@@H](NC(=O)CN2CCN(CCCCc3ccc(C(=O)NC4C(C)(C)C(Oc5ccc(C#N)c(C(F)(F)F)c5)C4(C)C)cc3)CC2)C(C)(C)C)cc1. The van der Waals surface area contributed by atoms with Gasteiger partial charge in [0.05, 0.1) is 52.0 Å². The van der Waals surface area contributed by atoms with E-state index in [-0.39, 0.29) is 55.1 Å². The van der Waals surface area contributed by atoms with Gasteiger partial charge in [-0.2, -0.15) is 18.4 Å². The monoisotopic (exact) mass is 1040 g/mol. The number of alkyl halides is 3. The van der Waals surface area contributed by atoms with E-state index in [2.05, 4.69) is 30.7 Å². The van der Waals surface area contributed by atoms with Gasteiger partial charge in [0.25, 0.3) is 5.91 Å². The number of rotatable bonds is 17. The molecule has 0 radical (unpaired) electrons. The number of thiazole rings is 1. The highest BCUT2D eigenvalue weighted by Crippen LogP contribution is 2.56. The summed E-state index contributed by atoms with van der Waals surface area (Å²) in [6.45, 7) is 21.2. The number of nitriles is 1. The number of β-amino-alcohol motifs (C(OH)–C–C–N with tert-alkyl or cyclic N) is 1. The summed E-state index contributed by atoms with van der Waals surface area (Å²) in [5.41, 5.74) is 2.91. The van der Waals surface area contributed by atoms with Gasteiger partial charge < -0.3 is 35.6 Å². The van der Waals surface area contributed by atoms with Gasteiger partial charge in [-0.3, -0.25) is 24.1 Å². The van der Waals surface area contributed by atoms with Crippen LogP contribution in [0, 0.1) is 34.5 Å². The predicted molar refractivity (Wildman–Crippen MR) is 278 cm³/mol. The molecule has 0 spiro atoms. The van der Waals surface area contributed by atoms with Crippen LogP contribution in [0.25, 0.3) is 10.4 Å². The Morgan fingerprint density at radius 3 is 2.16 bits per heavy atom. The molecule has 3 aromatic carbocycles. The first-order chi connectivity index (χ1) is 34.8. The van der Waals surface area contributed by atoms with E-state index >= 15 is 0 Å². The molecule has 4 atom stereocenters. The summed E-state index contributed by atoms with van der Waals surface area (Å²) in [4.78, 5) is 66.3. The summed E-state index contributed by atoms with van der Waals surface area (Å²) in [6, 6.07) is 17.9. The lowest BCUT2D eigenvalue weighted by Gasteiger charge is -2.63. The zero-order valence-electron chi connectivity index (χ0n) is 43.9. The van der Waals surface area contributed by atoms with E-state index < -0.39 is 63.7 Å². The maximum absolute atomic E-state index is 14.2. The van der Waals surface area contributed by atoms with Crippen molar-refractivity contribution in [3.8, 4) is 22.3 Å². The first-order valence-corrected chi connectivity index (χ1v) is 26.4. The second-order valence-electron chi connectivity index (χ2n) is 22.5. The minimum Gasteiger partial charge on any atom is -0.489 e. The molecular formula is C56H71F3N8O6S. The summed E-state index contributed by atoms with van der Waals surface area (Å²) in [5.74, 6) is -1.26. The average Bonchev–Trinajstić information content (AvgIpc) is 3.97. The van der Waals surface area contributed by atoms with Crippen molar-refractivity contribution < 1.29 is 42.2 Å². The third-order valence-electron chi connectivity index (χ3n) is 15.1. The van der Waals surface area contributed by atoms with Gasteiger partial charge in [-0.25, -0.2) is 4.98 Å². The van der Waals surface area contributed by atoms with Crippen LogP contribution in [0.2, 0.25) is 0 Å². The molecule has 1 aromatic heterocycles. The van der Waals surface area contributed by atoms with Crippen LogP contribution in [0.1, 0.15) is 119 Å². The highest BCUT2D eigenvalue weighted by Gasteiger charge is 2.64. The number of benzene rings is 3. The molecule has 14 nitrogen and oxygen atoms in total. The number of nitrogens with zero attached hydrogens (tertiary/aromatic N) is 5. The van der Waals surface area contributed by atoms with Crippen LogP contribution in [-0.2, 0) is 27.0 Å². The van der Waals surface area contributed by atoms with Gasteiger partial charge in [-0.05, 0) is 92.1 Å². The molecule has 2 aliphatic heterocycles. The van der Waals surface area contributed by atoms with E-state index in [1.807, 2.05) is 116 Å². The largest absolute Gasteiger partial charge is 0.489 e. The van der Waals surface area contributed by atoms with Crippen LogP contribution in [0.15, 0.2) is 72.2 Å². The highest BCUT2D eigenvalue weighted by atomic mass is 32.1. The van der Waals surface area contributed by atoms with E-state index in [1.165, 1.54) is 11.0 Å². The van der Waals surface area contributed by atoms with Crippen molar-refractivity contribution in [1.29, 1.82) is 5.26 Å². The van der Waals surface area contributed by atoms with Gasteiger partial charge in [0, 0.05) is 61.6 Å². The van der Waals surface area contributed by atoms with Crippen molar-refractivity contribution in [2.24, 2.45) is 16.2 Å². The first kappa shape index (κ1) is 55.9. The molecule has 398 valence electrons. The third kappa shape index (κ3) is 12.8. The smallest absolute Gasteiger partial charge is 0.417 e. The summed E-state index contributed by atoms with van der Waals surface area (Å²) in [7, 11) is 0. The minimum absolute atomic E-state index is 0.00356. The molecule has 3 heterocycles. The number of aromatic nitrogens is 1. The molecular weight excluding hydrogens is 970 g/mol. The molecule has 3 aliphatic rings. The van der Waals surface area contributed by atoms with Crippen molar-refractivity contribution >= 4 is 35.0 Å². The lowest BCUT2D eigenvalue weighted by Crippen LogP contribution is -2.74. The number of nitrogens with one attached hydrogen (secondary N) is 3. The van der Waals surface area contributed by atoms with Gasteiger partial charge in [0.1, 0.15) is 23.9 Å². The fourth-order valence-electron chi connectivity index (χ4n) is 11.2. The topological polar surface area (TPSA) is 180 Å². The normalized spacial score (nSPS) is 21.7. The Labute approximate surface area is 437 Å². The standard InChI is InChI=1S/C56H71F3N8O6S/c1-34(37-17-19-38(20-18-37)46-35(2)61-33-74-46)62-49(71)44-28-41(68)31-67(44)50(72)47(53(3,4)5)63-45(69)32-66-26-24-65(25-27-66)23-11-10-12-36-13-15-39(16-14-36)48(70)64-51-54(6,7)52(55(51,8)9)73-42-22-21-40(30-60)43(29-42)56(57,58)59/h13-22,29,33-34,41,44,47,51-52,68H,10-12,23-28,31-32H2,1-9H3,(H,62,71)(H,63,69)(H,64,70)/t34?,41-,44+,47-,51?,52?/m1/s1. The molecule has 4 amide bonds. The van der Waals surface area contributed by atoms with E-state index in [1.54, 1.807) is 17.4 Å². The van der Waals surface area contributed by atoms with Crippen molar-refractivity contribution in [2.75, 3.05) is 45.8 Å². The van der Waals surface area contributed by atoms with Crippen molar-refractivity contribution in [3.63, 3.8) is 0 Å². The van der Waals surface area contributed by atoms with Crippen LogP contribution in [0.5, 0.6) is 5.75 Å². The lowest BCUT2D eigenvalue weighted by atomic mass is 9.49. The van der Waals surface area contributed by atoms with Gasteiger partial charge in [-0.1, -0.05) is 84.9 Å². The molecule has 1 saturated carbocycles. The zero-order chi connectivity index (χ0) is 53.9. The van der Waals surface area contributed by atoms with E-state index in [0.717, 1.165) is 78.3 Å². The van der Waals surface area contributed by atoms with Gasteiger partial charge in [0.15, 0.2) is 0 Å². The lowest BCUT2D eigenvalue weighted by molar-refractivity contribution is -0.164. The maximum atomic E-state index is 14.2. The number of likely N-dealkylation sites (tertiary alicyclic amines) is 1. The Balaban J connectivity index is 0.820.